The number of rotatable bonds is 4. The van der Waals surface area contributed by atoms with Crippen LogP contribution in [0.2, 0.25) is 0 Å². The molecule has 0 spiro atoms. The van der Waals surface area contributed by atoms with E-state index in [1.165, 1.54) is 11.5 Å². The number of nitrogen functional groups attached to an aromatic ring is 1. The Balaban J connectivity index is 2.23. The summed E-state index contributed by atoms with van der Waals surface area (Å²) >= 11 is 1.31. The van der Waals surface area contributed by atoms with Crippen molar-refractivity contribution in [1.29, 1.82) is 0 Å². The number of ether oxygens (including phenoxy) is 1. The smallest absolute Gasteiger partial charge is 0.146 e. The molecule has 2 aromatic heterocycles. The molecule has 0 radical (unpaired) electrons. The number of nitrogens with zero attached hydrogens (tertiary/aromatic N) is 3. The second-order valence-corrected chi connectivity index (χ2v) is 5.38. The van der Waals surface area contributed by atoms with Crippen molar-refractivity contribution in [3.63, 3.8) is 0 Å². The first-order valence-corrected chi connectivity index (χ1v) is 7.16. The van der Waals surface area contributed by atoms with Crippen LogP contribution in [0.15, 0.2) is 24.3 Å². The van der Waals surface area contributed by atoms with Crippen LogP contribution >= 0.6 is 11.5 Å². The van der Waals surface area contributed by atoms with Crippen LogP contribution in [0, 0.1) is 6.92 Å². The monoisotopic (exact) mass is 288 g/mol. The highest BCUT2D eigenvalue weighted by atomic mass is 32.1. The van der Waals surface area contributed by atoms with Gasteiger partial charge in [0.05, 0.1) is 28.9 Å². The van der Waals surface area contributed by atoms with Crippen LogP contribution in [0.4, 0.5) is 5.00 Å². The van der Waals surface area contributed by atoms with Gasteiger partial charge in [-0.05, 0) is 30.6 Å². The summed E-state index contributed by atoms with van der Waals surface area (Å²) in [4.78, 5) is 4.72. The summed E-state index contributed by atoms with van der Waals surface area (Å²) in [5.74, 6) is 0.868. The fraction of sp³-hybridized carbons (Fsp3) is 0.286. The van der Waals surface area contributed by atoms with Gasteiger partial charge in [0.15, 0.2) is 0 Å². The zero-order chi connectivity index (χ0) is 14.1. The Morgan fingerprint density at radius 3 is 2.85 bits per heavy atom. The Kier molecular flexibility index (Phi) is 3.42. The van der Waals surface area contributed by atoms with E-state index in [1.54, 1.807) is 7.11 Å². The van der Waals surface area contributed by atoms with Gasteiger partial charge in [-0.2, -0.15) is 4.37 Å². The molecule has 104 valence electrons. The topological polar surface area (TPSA) is 66.0 Å². The summed E-state index contributed by atoms with van der Waals surface area (Å²) in [6.45, 7) is 3.33. The molecule has 0 aliphatic rings. The maximum Gasteiger partial charge on any atom is 0.146 e. The van der Waals surface area contributed by atoms with Crippen LogP contribution < -0.4 is 5.73 Å². The number of aryl methyl sites for hydroxylation is 1. The van der Waals surface area contributed by atoms with Crippen LogP contribution in [0.3, 0.4) is 0 Å². The Morgan fingerprint density at radius 2 is 2.15 bits per heavy atom. The fourth-order valence-electron chi connectivity index (χ4n) is 2.33. The first kappa shape index (κ1) is 13.1. The number of para-hydroxylation sites is 2. The van der Waals surface area contributed by atoms with Crippen LogP contribution in [0.25, 0.3) is 22.4 Å². The zero-order valence-electron chi connectivity index (χ0n) is 11.5. The first-order valence-electron chi connectivity index (χ1n) is 6.38. The summed E-state index contributed by atoms with van der Waals surface area (Å²) in [6, 6.07) is 8.07. The number of imidazole rings is 1. The number of hydrogen-bond donors (Lipinski definition) is 1. The zero-order valence-corrected chi connectivity index (χ0v) is 12.3. The number of nitrogens with two attached hydrogens (primary N) is 1. The molecule has 0 bridgehead atoms. The van der Waals surface area contributed by atoms with E-state index >= 15 is 0 Å². The third-order valence-corrected chi connectivity index (χ3v) is 4.05. The average Bonchev–Trinajstić information content (AvgIpc) is 2.97. The largest absolute Gasteiger partial charge is 0.389 e. The highest BCUT2D eigenvalue weighted by Crippen LogP contribution is 2.33. The number of aromatic nitrogens is 3. The third-order valence-electron chi connectivity index (χ3n) is 3.29. The average molecular weight is 288 g/mol. The standard InChI is InChI=1S/C14H16N4OS/c1-9-12(13(15)20-17-9)14-16-10-5-3-4-6-11(10)18(14)7-8-19-2/h3-6H,7-8,15H2,1-2H3. The maximum absolute atomic E-state index is 6.06. The summed E-state index contributed by atoms with van der Waals surface area (Å²) in [5.41, 5.74) is 9.96. The number of methoxy groups -OCH3 is 1. The van der Waals surface area contributed by atoms with Gasteiger partial charge < -0.3 is 15.0 Å². The van der Waals surface area contributed by atoms with Crippen molar-refractivity contribution in [2.75, 3.05) is 19.5 Å². The minimum Gasteiger partial charge on any atom is -0.389 e. The molecule has 2 heterocycles. The van der Waals surface area contributed by atoms with E-state index in [0.29, 0.717) is 11.6 Å². The van der Waals surface area contributed by atoms with Gasteiger partial charge in [-0.15, -0.1) is 0 Å². The van der Waals surface area contributed by atoms with Crippen molar-refractivity contribution in [2.24, 2.45) is 0 Å². The molecule has 2 N–H and O–H groups in total. The molecule has 5 nitrogen and oxygen atoms in total. The van der Waals surface area contributed by atoms with Gasteiger partial charge in [-0.1, -0.05) is 12.1 Å². The predicted molar refractivity (Wildman–Crippen MR) is 81.9 cm³/mol. The lowest BCUT2D eigenvalue weighted by Crippen LogP contribution is -2.06. The van der Waals surface area contributed by atoms with Crippen molar-refractivity contribution in [3.8, 4) is 11.4 Å². The van der Waals surface area contributed by atoms with Crippen molar-refractivity contribution in [1.82, 2.24) is 13.9 Å². The second-order valence-electron chi connectivity index (χ2n) is 4.58. The van der Waals surface area contributed by atoms with Crippen molar-refractivity contribution in [2.45, 2.75) is 13.5 Å². The molecule has 20 heavy (non-hydrogen) atoms. The van der Waals surface area contributed by atoms with Crippen LogP contribution in [-0.4, -0.2) is 27.6 Å². The molecule has 0 aliphatic heterocycles. The lowest BCUT2D eigenvalue weighted by molar-refractivity contribution is 0.188. The lowest BCUT2D eigenvalue weighted by Gasteiger charge is -2.08. The maximum atomic E-state index is 6.06. The van der Waals surface area contributed by atoms with E-state index in [0.717, 1.165) is 34.7 Å². The van der Waals surface area contributed by atoms with Crippen molar-refractivity contribution >= 4 is 27.6 Å². The van der Waals surface area contributed by atoms with Gasteiger partial charge in [-0.3, -0.25) is 0 Å². The summed E-state index contributed by atoms with van der Waals surface area (Å²) in [6.07, 6.45) is 0. The van der Waals surface area contributed by atoms with Gasteiger partial charge in [-0.25, -0.2) is 4.98 Å². The Bertz CT molecular complexity index is 727. The summed E-state index contributed by atoms with van der Waals surface area (Å²) in [5, 5.41) is 0.705. The van der Waals surface area contributed by atoms with Crippen LogP contribution in [0.5, 0.6) is 0 Å². The molecule has 0 aliphatic carbocycles. The number of benzene rings is 1. The van der Waals surface area contributed by atoms with E-state index < -0.39 is 0 Å². The normalized spacial score (nSPS) is 11.3. The van der Waals surface area contributed by atoms with Gasteiger partial charge in [0.25, 0.3) is 0 Å². The van der Waals surface area contributed by atoms with Gasteiger partial charge in [0, 0.05) is 13.7 Å². The summed E-state index contributed by atoms with van der Waals surface area (Å²) in [7, 11) is 1.70. The van der Waals surface area contributed by atoms with E-state index in [9.17, 15) is 0 Å². The number of anilines is 1. The molecule has 0 amide bonds. The highest BCUT2D eigenvalue weighted by Gasteiger charge is 2.18. The van der Waals surface area contributed by atoms with Crippen molar-refractivity contribution < 1.29 is 4.74 Å². The highest BCUT2D eigenvalue weighted by molar-refractivity contribution is 7.10. The Morgan fingerprint density at radius 1 is 1.35 bits per heavy atom. The quantitative estimate of drug-likeness (QED) is 0.801. The molecule has 0 saturated heterocycles. The van der Waals surface area contributed by atoms with Gasteiger partial charge >= 0.3 is 0 Å². The molecule has 3 rings (SSSR count). The van der Waals surface area contributed by atoms with Crippen LogP contribution in [0.1, 0.15) is 5.69 Å². The molecular weight excluding hydrogens is 272 g/mol. The molecule has 0 fully saturated rings. The molecule has 0 unspecified atom stereocenters. The minimum atomic E-state index is 0.629. The molecule has 3 aromatic rings. The molecule has 6 heteroatoms. The SMILES string of the molecule is COCCn1c(-c2c(C)nsc2N)nc2ccccc21. The van der Waals surface area contributed by atoms with E-state index in [4.69, 9.17) is 15.5 Å². The lowest BCUT2D eigenvalue weighted by atomic mass is 10.2. The molecular formula is C14H16N4OS. The Labute approximate surface area is 121 Å². The minimum absolute atomic E-state index is 0.629. The van der Waals surface area contributed by atoms with Gasteiger partial charge in [0.1, 0.15) is 10.8 Å². The molecule has 1 aromatic carbocycles. The third kappa shape index (κ3) is 2.07. The Hall–Kier alpha value is -1.92. The van der Waals surface area contributed by atoms with Gasteiger partial charge in [0.2, 0.25) is 0 Å². The number of hydrogen-bond acceptors (Lipinski definition) is 5. The van der Waals surface area contributed by atoms with Crippen molar-refractivity contribution in [3.05, 3.63) is 30.0 Å². The molecule has 0 saturated carbocycles. The van der Waals surface area contributed by atoms with Crippen LogP contribution in [-0.2, 0) is 11.3 Å². The van der Waals surface area contributed by atoms with E-state index in [2.05, 4.69) is 15.0 Å². The second kappa shape index (κ2) is 5.22. The summed E-state index contributed by atoms with van der Waals surface area (Å²) < 4.78 is 11.7. The first-order chi connectivity index (χ1) is 9.72. The fourth-order valence-corrected chi connectivity index (χ4v) is 2.99. The van der Waals surface area contributed by atoms with E-state index in [-0.39, 0.29) is 0 Å². The van der Waals surface area contributed by atoms with E-state index in [1.807, 2.05) is 25.1 Å². The molecule has 0 atom stereocenters. The number of fused-ring (bicyclic) bond motifs is 1. The predicted octanol–water partition coefficient (Wildman–Crippen LogP) is 2.70.